The molecule has 180 valence electrons. The Balaban J connectivity index is 1.59. The van der Waals surface area contributed by atoms with Crippen molar-refractivity contribution >= 4 is 34.4 Å². The lowest BCUT2D eigenvalue weighted by Crippen LogP contribution is -2.32. The Morgan fingerprint density at radius 2 is 1.74 bits per heavy atom. The maximum absolute atomic E-state index is 13.5. The molecule has 0 bridgehead atoms. The predicted molar refractivity (Wildman–Crippen MR) is 123 cm³/mol. The minimum atomic E-state index is -4.59. The molecule has 1 aromatic heterocycles. The first-order valence-corrected chi connectivity index (χ1v) is 11.4. The van der Waals surface area contributed by atoms with Gasteiger partial charge in [-0.1, -0.05) is 23.7 Å². The van der Waals surface area contributed by atoms with Crippen molar-refractivity contribution in [2.45, 2.75) is 38.4 Å². The van der Waals surface area contributed by atoms with Crippen molar-refractivity contribution in [3.05, 3.63) is 70.4 Å². The van der Waals surface area contributed by atoms with E-state index in [1.807, 2.05) is 12.1 Å². The highest BCUT2D eigenvalue weighted by Gasteiger charge is 2.33. The van der Waals surface area contributed by atoms with Crippen LogP contribution >= 0.6 is 11.6 Å². The van der Waals surface area contributed by atoms with Crippen LogP contribution in [-0.2, 0) is 17.5 Å². The van der Waals surface area contributed by atoms with E-state index in [9.17, 15) is 22.8 Å². The zero-order valence-corrected chi connectivity index (χ0v) is 19.0. The number of carbonyl (C=O) groups excluding carboxylic acids is 1. The third-order valence-electron chi connectivity index (χ3n) is 6.45. The number of nitrogens with zero attached hydrogens (tertiary/aromatic N) is 1. The van der Waals surface area contributed by atoms with Gasteiger partial charge in [0.1, 0.15) is 0 Å². The van der Waals surface area contributed by atoms with Crippen LogP contribution in [0.3, 0.4) is 0 Å². The zero-order chi connectivity index (χ0) is 24.5. The highest BCUT2D eigenvalue weighted by Crippen LogP contribution is 2.34. The van der Waals surface area contributed by atoms with Crippen LogP contribution in [0, 0.1) is 11.8 Å². The van der Waals surface area contributed by atoms with Gasteiger partial charge < -0.3 is 15.0 Å². The van der Waals surface area contributed by atoms with Gasteiger partial charge >= 0.3 is 12.1 Å². The third kappa shape index (κ3) is 5.38. The van der Waals surface area contributed by atoms with Crippen LogP contribution in [0.4, 0.5) is 13.2 Å². The molecule has 0 saturated heterocycles. The number of benzene rings is 2. The van der Waals surface area contributed by atoms with E-state index >= 15 is 0 Å². The topological polar surface area (TPSA) is 71.3 Å². The summed E-state index contributed by atoms with van der Waals surface area (Å²) < 4.78 is 42.3. The Morgan fingerprint density at radius 3 is 2.35 bits per heavy atom. The van der Waals surface area contributed by atoms with Gasteiger partial charge in [0.2, 0.25) is 0 Å². The van der Waals surface area contributed by atoms with Crippen LogP contribution in [0.25, 0.3) is 10.9 Å². The molecule has 0 spiro atoms. The van der Waals surface area contributed by atoms with Crippen molar-refractivity contribution in [2.75, 3.05) is 6.54 Å². The number of alkyl halides is 3. The van der Waals surface area contributed by atoms with Gasteiger partial charge in [0, 0.05) is 29.7 Å². The fourth-order valence-electron chi connectivity index (χ4n) is 4.55. The van der Waals surface area contributed by atoms with Crippen LogP contribution in [-0.4, -0.2) is 28.1 Å². The molecule has 4 rings (SSSR count). The van der Waals surface area contributed by atoms with Crippen molar-refractivity contribution < 1.29 is 27.9 Å². The molecule has 34 heavy (non-hydrogen) atoms. The second-order valence-electron chi connectivity index (χ2n) is 8.80. The molecule has 1 fully saturated rings. The van der Waals surface area contributed by atoms with Crippen molar-refractivity contribution in [3.8, 4) is 0 Å². The summed E-state index contributed by atoms with van der Waals surface area (Å²) in [6, 6.07) is 10.6. The van der Waals surface area contributed by atoms with Crippen LogP contribution < -0.4 is 5.32 Å². The summed E-state index contributed by atoms with van der Waals surface area (Å²) in [7, 11) is 0. The molecule has 0 atom stereocenters. The maximum Gasteiger partial charge on any atom is 0.416 e. The minimum absolute atomic E-state index is 0.0389. The van der Waals surface area contributed by atoms with Crippen LogP contribution in [0.5, 0.6) is 0 Å². The number of carboxylic acid groups (broad SMARTS) is 1. The lowest BCUT2D eigenvalue weighted by molar-refractivity contribution is -0.143. The van der Waals surface area contributed by atoms with E-state index in [0.29, 0.717) is 54.7 Å². The summed E-state index contributed by atoms with van der Waals surface area (Å²) in [6.07, 6.45) is -0.536. The standard InChI is InChI=1S/C25H24ClF3N2O3/c26-20-7-3-16(4-8-20)14-31-10-9-18-11-19(25(27,28)29)12-21(22(18)31)23(32)30-13-15-1-5-17(6-2-15)24(33)34/h3-4,7-12,15,17H,1-2,5-6,13-14H2,(H,30,32)(H,33,34). The van der Waals surface area contributed by atoms with Gasteiger partial charge in [0.25, 0.3) is 5.91 Å². The summed E-state index contributed by atoms with van der Waals surface area (Å²) in [5, 5.41) is 12.8. The van der Waals surface area contributed by atoms with Gasteiger partial charge in [0.15, 0.2) is 0 Å². The molecule has 0 unspecified atom stereocenters. The summed E-state index contributed by atoms with van der Waals surface area (Å²) in [5.74, 6) is -1.66. The van der Waals surface area contributed by atoms with Crippen molar-refractivity contribution in [3.63, 3.8) is 0 Å². The Bertz CT molecular complexity index is 1200. The van der Waals surface area contributed by atoms with Crippen molar-refractivity contribution in [1.29, 1.82) is 0 Å². The monoisotopic (exact) mass is 492 g/mol. The second-order valence-corrected chi connectivity index (χ2v) is 9.23. The number of nitrogens with one attached hydrogen (secondary N) is 1. The third-order valence-corrected chi connectivity index (χ3v) is 6.70. The number of carbonyl (C=O) groups is 2. The molecule has 9 heteroatoms. The van der Waals surface area contributed by atoms with E-state index in [-0.39, 0.29) is 17.4 Å². The Labute approximate surface area is 199 Å². The fraction of sp³-hybridized carbons (Fsp3) is 0.360. The number of aromatic nitrogens is 1. The lowest BCUT2D eigenvalue weighted by Gasteiger charge is -2.26. The Hall–Kier alpha value is -3.00. The number of halogens is 4. The van der Waals surface area contributed by atoms with Gasteiger partial charge in [-0.25, -0.2) is 0 Å². The molecular formula is C25H24ClF3N2O3. The summed E-state index contributed by atoms with van der Waals surface area (Å²) in [4.78, 5) is 24.2. The van der Waals surface area contributed by atoms with Crippen molar-refractivity contribution in [2.24, 2.45) is 11.8 Å². The Morgan fingerprint density at radius 1 is 1.06 bits per heavy atom. The van der Waals surface area contributed by atoms with E-state index in [1.165, 1.54) is 0 Å². The number of fused-ring (bicyclic) bond motifs is 1. The maximum atomic E-state index is 13.5. The van der Waals surface area contributed by atoms with Gasteiger partial charge in [-0.05, 0) is 67.5 Å². The number of hydrogen-bond acceptors (Lipinski definition) is 2. The fourth-order valence-corrected chi connectivity index (χ4v) is 4.68. The van der Waals surface area contributed by atoms with Gasteiger partial charge in [0.05, 0.1) is 22.6 Å². The minimum Gasteiger partial charge on any atom is -0.481 e. The number of hydrogen-bond donors (Lipinski definition) is 2. The molecule has 1 amide bonds. The SMILES string of the molecule is O=C(NCC1CCC(C(=O)O)CC1)c1cc(C(F)(F)F)cc2ccn(Cc3ccc(Cl)cc3)c12. The largest absolute Gasteiger partial charge is 0.481 e. The first-order valence-electron chi connectivity index (χ1n) is 11.1. The predicted octanol–water partition coefficient (Wildman–Crippen LogP) is 5.98. The number of aliphatic carboxylic acids is 1. The van der Waals surface area contributed by atoms with Gasteiger partial charge in [-0.3, -0.25) is 9.59 Å². The molecule has 1 aliphatic rings. The van der Waals surface area contributed by atoms with Crippen LogP contribution in [0.15, 0.2) is 48.7 Å². The average Bonchev–Trinajstić information content (AvgIpc) is 3.21. The molecule has 3 aromatic rings. The van der Waals surface area contributed by atoms with E-state index in [0.717, 1.165) is 17.7 Å². The van der Waals surface area contributed by atoms with Crippen LogP contribution in [0.2, 0.25) is 5.02 Å². The number of carboxylic acids is 1. The lowest BCUT2D eigenvalue weighted by atomic mass is 9.82. The number of amides is 1. The van der Waals surface area contributed by atoms with Crippen molar-refractivity contribution in [1.82, 2.24) is 9.88 Å². The molecule has 0 radical (unpaired) electrons. The molecule has 1 heterocycles. The molecule has 5 nitrogen and oxygen atoms in total. The average molecular weight is 493 g/mol. The highest BCUT2D eigenvalue weighted by molar-refractivity contribution is 6.30. The van der Waals surface area contributed by atoms with E-state index in [4.69, 9.17) is 16.7 Å². The number of rotatable bonds is 6. The normalized spacial score (nSPS) is 18.7. The molecule has 1 aliphatic carbocycles. The smallest absolute Gasteiger partial charge is 0.416 e. The molecule has 1 saturated carbocycles. The molecule has 2 N–H and O–H groups in total. The molecule has 2 aromatic carbocycles. The molecule has 0 aliphatic heterocycles. The quantitative estimate of drug-likeness (QED) is 0.444. The Kier molecular flexibility index (Phi) is 6.89. The highest BCUT2D eigenvalue weighted by atomic mass is 35.5. The van der Waals surface area contributed by atoms with E-state index < -0.39 is 23.6 Å². The van der Waals surface area contributed by atoms with Crippen LogP contribution in [0.1, 0.15) is 47.2 Å². The zero-order valence-electron chi connectivity index (χ0n) is 18.2. The van der Waals surface area contributed by atoms with E-state index in [2.05, 4.69) is 5.32 Å². The first kappa shape index (κ1) is 24.1. The van der Waals surface area contributed by atoms with E-state index in [1.54, 1.807) is 29.0 Å². The summed E-state index contributed by atoms with van der Waals surface area (Å²) >= 11 is 5.94. The first-order chi connectivity index (χ1) is 16.1. The molecular weight excluding hydrogens is 469 g/mol. The van der Waals surface area contributed by atoms with Gasteiger partial charge in [-0.15, -0.1) is 0 Å². The van der Waals surface area contributed by atoms with Gasteiger partial charge in [-0.2, -0.15) is 13.2 Å². The second kappa shape index (κ2) is 9.70. The summed E-state index contributed by atoms with van der Waals surface area (Å²) in [6.45, 7) is 0.659. The summed E-state index contributed by atoms with van der Waals surface area (Å²) in [5.41, 5.74) is 0.401.